The summed E-state index contributed by atoms with van der Waals surface area (Å²) in [4.78, 5) is 10.4. The summed E-state index contributed by atoms with van der Waals surface area (Å²) >= 11 is 0. The first-order chi connectivity index (χ1) is 7.86. The van der Waals surface area contributed by atoms with Crippen molar-refractivity contribution in [2.24, 2.45) is 0 Å². The molecule has 2 nitrogen and oxygen atoms in total. The van der Waals surface area contributed by atoms with Crippen LogP contribution in [0.1, 0.15) is 35.7 Å². The number of ether oxygens (including phenoxy) is 1. The second kappa shape index (κ2) is 7.83. The van der Waals surface area contributed by atoms with E-state index in [1.807, 2.05) is 36.4 Å². The Morgan fingerprint density at radius 2 is 1.88 bits per heavy atom. The van der Waals surface area contributed by atoms with E-state index in [9.17, 15) is 4.79 Å². The lowest BCUT2D eigenvalue weighted by Gasteiger charge is -1.98. The zero-order valence-corrected chi connectivity index (χ0v) is 9.69. The van der Waals surface area contributed by atoms with Gasteiger partial charge in [-0.05, 0) is 12.0 Å². The second-order valence-electron chi connectivity index (χ2n) is 3.62. The van der Waals surface area contributed by atoms with Crippen molar-refractivity contribution in [1.29, 1.82) is 0 Å². The summed E-state index contributed by atoms with van der Waals surface area (Å²) in [5.74, 6) is 0. The average Bonchev–Trinajstić information content (AvgIpc) is 2.34. The Kier molecular flexibility index (Phi) is 6.19. The molecule has 86 valence electrons. The molecular weight excluding hydrogens is 200 g/mol. The fourth-order valence-electron chi connectivity index (χ4n) is 1.27. The standard InChI is InChI=1S/C14H18O2/c1-2-3-10-16-11-4-5-13-6-8-14(12-15)9-7-13/h4-9,12H,2-3,10-11H2,1H3. The smallest absolute Gasteiger partial charge is 0.150 e. The van der Waals surface area contributed by atoms with Crippen molar-refractivity contribution in [3.8, 4) is 0 Å². The Bertz CT molecular complexity index is 325. The van der Waals surface area contributed by atoms with Gasteiger partial charge in [-0.1, -0.05) is 49.8 Å². The van der Waals surface area contributed by atoms with E-state index in [-0.39, 0.29) is 0 Å². The maximum atomic E-state index is 10.4. The van der Waals surface area contributed by atoms with E-state index in [1.165, 1.54) is 0 Å². The number of hydrogen-bond donors (Lipinski definition) is 0. The lowest BCUT2D eigenvalue weighted by atomic mass is 10.1. The zero-order chi connectivity index (χ0) is 11.6. The van der Waals surface area contributed by atoms with Gasteiger partial charge in [-0.15, -0.1) is 0 Å². The number of rotatable bonds is 7. The lowest BCUT2D eigenvalue weighted by Crippen LogP contribution is -1.92. The molecule has 0 amide bonds. The maximum Gasteiger partial charge on any atom is 0.150 e. The van der Waals surface area contributed by atoms with Crippen LogP contribution in [0.15, 0.2) is 30.3 Å². The molecule has 16 heavy (non-hydrogen) atoms. The number of hydrogen-bond acceptors (Lipinski definition) is 2. The summed E-state index contributed by atoms with van der Waals surface area (Å²) in [5, 5.41) is 0. The molecule has 0 radical (unpaired) electrons. The summed E-state index contributed by atoms with van der Waals surface area (Å²) in [7, 11) is 0. The highest BCUT2D eigenvalue weighted by molar-refractivity contribution is 5.75. The van der Waals surface area contributed by atoms with Crippen LogP contribution in [0.2, 0.25) is 0 Å². The fourth-order valence-corrected chi connectivity index (χ4v) is 1.27. The van der Waals surface area contributed by atoms with Crippen LogP contribution in [0, 0.1) is 0 Å². The van der Waals surface area contributed by atoms with Gasteiger partial charge in [-0.25, -0.2) is 0 Å². The third-order valence-electron chi connectivity index (χ3n) is 2.24. The van der Waals surface area contributed by atoms with E-state index in [1.54, 1.807) is 0 Å². The number of benzene rings is 1. The van der Waals surface area contributed by atoms with Gasteiger partial charge in [-0.3, -0.25) is 4.79 Å². The van der Waals surface area contributed by atoms with Crippen molar-refractivity contribution in [3.63, 3.8) is 0 Å². The molecule has 0 aliphatic heterocycles. The summed E-state index contributed by atoms with van der Waals surface area (Å²) in [6, 6.07) is 7.47. The van der Waals surface area contributed by atoms with E-state index < -0.39 is 0 Å². The van der Waals surface area contributed by atoms with Crippen molar-refractivity contribution in [1.82, 2.24) is 0 Å². The summed E-state index contributed by atoms with van der Waals surface area (Å²) < 4.78 is 5.40. The van der Waals surface area contributed by atoms with Gasteiger partial charge in [0.25, 0.3) is 0 Å². The quantitative estimate of drug-likeness (QED) is 0.518. The van der Waals surface area contributed by atoms with Crippen molar-refractivity contribution in [2.75, 3.05) is 13.2 Å². The first kappa shape index (κ1) is 12.7. The maximum absolute atomic E-state index is 10.4. The molecule has 0 aromatic heterocycles. The van der Waals surface area contributed by atoms with Crippen LogP contribution >= 0.6 is 0 Å². The van der Waals surface area contributed by atoms with Crippen LogP contribution in [-0.2, 0) is 4.74 Å². The Labute approximate surface area is 96.9 Å². The third kappa shape index (κ3) is 4.89. The minimum absolute atomic E-state index is 0.648. The molecule has 0 N–H and O–H groups in total. The summed E-state index contributed by atoms with van der Waals surface area (Å²) in [5.41, 5.74) is 1.79. The van der Waals surface area contributed by atoms with Gasteiger partial charge in [0.05, 0.1) is 6.61 Å². The monoisotopic (exact) mass is 218 g/mol. The van der Waals surface area contributed by atoms with E-state index in [2.05, 4.69) is 6.92 Å². The molecule has 0 aliphatic rings. The Morgan fingerprint density at radius 3 is 2.50 bits per heavy atom. The molecule has 1 aromatic rings. The first-order valence-corrected chi connectivity index (χ1v) is 5.66. The molecule has 2 heteroatoms. The van der Waals surface area contributed by atoms with Crippen LogP contribution < -0.4 is 0 Å². The minimum atomic E-state index is 0.648. The van der Waals surface area contributed by atoms with Crippen LogP contribution in [0.3, 0.4) is 0 Å². The Hall–Kier alpha value is -1.41. The fraction of sp³-hybridized carbons (Fsp3) is 0.357. The van der Waals surface area contributed by atoms with E-state index >= 15 is 0 Å². The summed E-state index contributed by atoms with van der Waals surface area (Å²) in [6.07, 6.45) is 7.12. The molecule has 0 spiro atoms. The highest BCUT2D eigenvalue weighted by Crippen LogP contribution is 2.04. The summed E-state index contributed by atoms with van der Waals surface area (Å²) in [6.45, 7) is 3.62. The second-order valence-corrected chi connectivity index (χ2v) is 3.62. The van der Waals surface area contributed by atoms with Crippen LogP contribution in [0.25, 0.3) is 6.08 Å². The molecule has 0 unspecified atom stereocenters. The molecule has 0 saturated heterocycles. The van der Waals surface area contributed by atoms with Gasteiger partial charge in [0.1, 0.15) is 6.29 Å². The molecule has 1 rings (SSSR count). The molecule has 1 aromatic carbocycles. The SMILES string of the molecule is CCCCOCC=Cc1ccc(C=O)cc1. The van der Waals surface area contributed by atoms with Crippen molar-refractivity contribution in [2.45, 2.75) is 19.8 Å². The molecular formula is C14H18O2. The number of aldehydes is 1. The zero-order valence-electron chi connectivity index (χ0n) is 9.69. The van der Waals surface area contributed by atoms with Gasteiger partial charge in [-0.2, -0.15) is 0 Å². The van der Waals surface area contributed by atoms with Crippen molar-refractivity contribution >= 4 is 12.4 Å². The van der Waals surface area contributed by atoms with Crippen molar-refractivity contribution < 1.29 is 9.53 Å². The van der Waals surface area contributed by atoms with E-state index in [4.69, 9.17) is 4.74 Å². The largest absolute Gasteiger partial charge is 0.377 e. The topological polar surface area (TPSA) is 26.3 Å². The Morgan fingerprint density at radius 1 is 1.19 bits per heavy atom. The van der Waals surface area contributed by atoms with Gasteiger partial charge in [0, 0.05) is 12.2 Å². The molecule has 0 heterocycles. The predicted molar refractivity (Wildman–Crippen MR) is 66.6 cm³/mol. The number of carbonyl (C=O) groups excluding carboxylic acids is 1. The van der Waals surface area contributed by atoms with E-state index in [0.717, 1.165) is 31.3 Å². The van der Waals surface area contributed by atoms with Gasteiger partial charge < -0.3 is 4.74 Å². The number of carbonyl (C=O) groups is 1. The lowest BCUT2D eigenvalue weighted by molar-refractivity contribution is 0.112. The van der Waals surface area contributed by atoms with Gasteiger partial charge in [0.2, 0.25) is 0 Å². The van der Waals surface area contributed by atoms with Crippen LogP contribution in [-0.4, -0.2) is 19.5 Å². The molecule has 0 saturated carbocycles. The van der Waals surface area contributed by atoms with Gasteiger partial charge in [0.15, 0.2) is 0 Å². The normalized spacial score (nSPS) is 10.8. The van der Waals surface area contributed by atoms with Gasteiger partial charge >= 0.3 is 0 Å². The first-order valence-electron chi connectivity index (χ1n) is 5.66. The highest BCUT2D eigenvalue weighted by atomic mass is 16.5. The van der Waals surface area contributed by atoms with Crippen LogP contribution in [0.5, 0.6) is 0 Å². The molecule has 0 fully saturated rings. The minimum Gasteiger partial charge on any atom is -0.377 e. The molecule has 0 aliphatic carbocycles. The third-order valence-corrected chi connectivity index (χ3v) is 2.24. The average molecular weight is 218 g/mol. The number of unbranched alkanes of at least 4 members (excludes halogenated alkanes) is 1. The molecule has 0 bridgehead atoms. The van der Waals surface area contributed by atoms with Crippen LogP contribution in [0.4, 0.5) is 0 Å². The Balaban J connectivity index is 2.29. The van der Waals surface area contributed by atoms with E-state index in [0.29, 0.717) is 12.2 Å². The highest BCUT2D eigenvalue weighted by Gasteiger charge is 1.89. The van der Waals surface area contributed by atoms with Crippen molar-refractivity contribution in [3.05, 3.63) is 41.5 Å². The predicted octanol–water partition coefficient (Wildman–Crippen LogP) is 3.33. The molecule has 0 atom stereocenters.